The van der Waals surface area contributed by atoms with Crippen LogP contribution in [0.4, 0.5) is 11.4 Å². The summed E-state index contributed by atoms with van der Waals surface area (Å²) in [7, 11) is 0. The SMILES string of the molecule is Cc1[nH]cnc1C(=O)Nc1cc2[nH]c(=O)[nH]c2cc1N1CCCC1. The van der Waals surface area contributed by atoms with Crippen molar-refractivity contribution in [2.75, 3.05) is 23.3 Å². The largest absolute Gasteiger partial charge is 0.370 e. The van der Waals surface area contributed by atoms with Gasteiger partial charge < -0.3 is 25.2 Å². The molecule has 0 bridgehead atoms. The molecule has 8 heteroatoms. The lowest BCUT2D eigenvalue weighted by molar-refractivity contribution is 0.102. The van der Waals surface area contributed by atoms with E-state index in [9.17, 15) is 9.59 Å². The second-order valence-corrected chi connectivity index (χ2v) is 6.02. The summed E-state index contributed by atoms with van der Waals surface area (Å²) >= 11 is 0. The van der Waals surface area contributed by atoms with Crippen LogP contribution in [0, 0.1) is 6.92 Å². The maximum absolute atomic E-state index is 12.5. The number of nitrogens with zero attached hydrogens (tertiary/aromatic N) is 2. The first-order chi connectivity index (χ1) is 11.6. The number of aromatic nitrogens is 4. The van der Waals surface area contributed by atoms with Crippen LogP contribution in [0.3, 0.4) is 0 Å². The van der Waals surface area contributed by atoms with E-state index in [1.54, 1.807) is 13.0 Å². The Labute approximate surface area is 137 Å². The molecule has 3 heterocycles. The minimum Gasteiger partial charge on any atom is -0.370 e. The molecule has 0 saturated carbocycles. The third-order valence-electron chi connectivity index (χ3n) is 4.37. The van der Waals surface area contributed by atoms with Crippen molar-refractivity contribution < 1.29 is 4.79 Å². The highest BCUT2D eigenvalue weighted by Gasteiger charge is 2.20. The number of imidazole rings is 2. The molecule has 3 aromatic rings. The number of benzene rings is 1. The zero-order chi connectivity index (χ0) is 16.7. The Kier molecular flexibility index (Phi) is 3.37. The number of hydrogen-bond donors (Lipinski definition) is 4. The highest BCUT2D eigenvalue weighted by atomic mass is 16.2. The number of aryl methyl sites for hydroxylation is 1. The second-order valence-electron chi connectivity index (χ2n) is 6.02. The van der Waals surface area contributed by atoms with Crippen LogP contribution in [-0.4, -0.2) is 38.9 Å². The number of hydrogen-bond acceptors (Lipinski definition) is 4. The van der Waals surface area contributed by atoms with Crippen LogP contribution >= 0.6 is 0 Å². The van der Waals surface area contributed by atoms with E-state index < -0.39 is 0 Å². The molecule has 1 aromatic carbocycles. The monoisotopic (exact) mass is 326 g/mol. The van der Waals surface area contributed by atoms with Crippen molar-refractivity contribution in [2.24, 2.45) is 0 Å². The molecule has 4 N–H and O–H groups in total. The number of aromatic amines is 3. The minimum atomic E-state index is -0.272. The van der Waals surface area contributed by atoms with Gasteiger partial charge in [0.15, 0.2) is 0 Å². The summed E-state index contributed by atoms with van der Waals surface area (Å²) in [6, 6.07) is 3.70. The van der Waals surface area contributed by atoms with E-state index in [1.165, 1.54) is 6.33 Å². The Morgan fingerprint density at radius 1 is 1.21 bits per heavy atom. The van der Waals surface area contributed by atoms with E-state index in [-0.39, 0.29) is 11.6 Å². The van der Waals surface area contributed by atoms with Gasteiger partial charge in [0.2, 0.25) is 0 Å². The van der Waals surface area contributed by atoms with Gasteiger partial charge in [0.1, 0.15) is 5.69 Å². The van der Waals surface area contributed by atoms with Crippen LogP contribution in [0.2, 0.25) is 0 Å². The number of amides is 1. The number of fused-ring (bicyclic) bond motifs is 1. The molecule has 4 rings (SSSR count). The number of H-pyrrole nitrogens is 3. The highest BCUT2D eigenvalue weighted by molar-refractivity contribution is 6.06. The Hall–Kier alpha value is -3.03. The molecule has 0 radical (unpaired) electrons. The van der Waals surface area contributed by atoms with E-state index in [0.29, 0.717) is 22.6 Å². The molecule has 1 aliphatic heterocycles. The lowest BCUT2D eigenvalue weighted by Gasteiger charge is -2.21. The van der Waals surface area contributed by atoms with Crippen molar-refractivity contribution >= 4 is 28.3 Å². The predicted octanol–water partition coefficient (Wildman–Crippen LogP) is 1.74. The van der Waals surface area contributed by atoms with Crippen LogP contribution in [0.15, 0.2) is 23.3 Å². The van der Waals surface area contributed by atoms with E-state index in [0.717, 1.165) is 37.1 Å². The van der Waals surface area contributed by atoms with Gasteiger partial charge in [-0.25, -0.2) is 9.78 Å². The van der Waals surface area contributed by atoms with Crippen molar-refractivity contribution in [3.8, 4) is 0 Å². The van der Waals surface area contributed by atoms with E-state index in [2.05, 4.69) is 30.2 Å². The van der Waals surface area contributed by atoms with Crippen molar-refractivity contribution in [1.29, 1.82) is 0 Å². The lowest BCUT2D eigenvalue weighted by Crippen LogP contribution is -2.21. The zero-order valence-corrected chi connectivity index (χ0v) is 13.3. The molecule has 1 saturated heterocycles. The number of carbonyl (C=O) groups is 1. The fourth-order valence-corrected chi connectivity index (χ4v) is 3.16. The average molecular weight is 326 g/mol. The van der Waals surface area contributed by atoms with Crippen LogP contribution in [-0.2, 0) is 0 Å². The normalized spacial score (nSPS) is 14.5. The maximum Gasteiger partial charge on any atom is 0.323 e. The van der Waals surface area contributed by atoms with Gasteiger partial charge in [0.05, 0.1) is 28.7 Å². The zero-order valence-electron chi connectivity index (χ0n) is 13.3. The van der Waals surface area contributed by atoms with Crippen LogP contribution in [0.1, 0.15) is 29.0 Å². The molecular weight excluding hydrogens is 308 g/mol. The number of anilines is 2. The number of rotatable bonds is 3. The fourth-order valence-electron chi connectivity index (χ4n) is 3.16. The van der Waals surface area contributed by atoms with E-state index in [1.807, 2.05) is 6.07 Å². The fraction of sp³-hybridized carbons (Fsp3) is 0.312. The standard InChI is InChI=1S/C16H18N6O2/c1-9-14(18-8-17-9)15(23)19-12-6-10-11(21-16(24)20-10)7-13(12)22-4-2-3-5-22/h6-8H,2-5H2,1H3,(H,17,18)(H,19,23)(H2,20,21,24). The first-order valence-corrected chi connectivity index (χ1v) is 7.94. The minimum absolute atomic E-state index is 0.260. The van der Waals surface area contributed by atoms with Crippen LogP contribution in [0.25, 0.3) is 11.0 Å². The molecule has 0 atom stereocenters. The van der Waals surface area contributed by atoms with Crippen molar-refractivity contribution in [1.82, 2.24) is 19.9 Å². The molecule has 1 fully saturated rings. The maximum atomic E-state index is 12.5. The number of carbonyl (C=O) groups excluding carboxylic acids is 1. The smallest absolute Gasteiger partial charge is 0.323 e. The molecule has 24 heavy (non-hydrogen) atoms. The topological polar surface area (TPSA) is 110 Å². The summed E-state index contributed by atoms with van der Waals surface area (Å²) in [5, 5.41) is 2.93. The summed E-state index contributed by atoms with van der Waals surface area (Å²) in [6.45, 7) is 3.67. The van der Waals surface area contributed by atoms with Crippen LogP contribution < -0.4 is 15.9 Å². The van der Waals surface area contributed by atoms with E-state index >= 15 is 0 Å². The Morgan fingerprint density at radius 2 is 1.92 bits per heavy atom. The molecule has 8 nitrogen and oxygen atoms in total. The number of nitrogens with one attached hydrogen (secondary N) is 4. The summed E-state index contributed by atoms with van der Waals surface area (Å²) < 4.78 is 0. The van der Waals surface area contributed by atoms with Gasteiger partial charge in [-0.3, -0.25) is 4.79 Å². The Balaban J connectivity index is 1.77. The first kappa shape index (κ1) is 14.6. The average Bonchev–Trinajstić information content (AvgIpc) is 3.25. The van der Waals surface area contributed by atoms with Gasteiger partial charge in [-0.05, 0) is 31.9 Å². The molecule has 0 spiro atoms. The van der Waals surface area contributed by atoms with Crippen molar-refractivity contribution in [3.63, 3.8) is 0 Å². The van der Waals surface area contributed by atoms with Crippen LogP contribution in [0.5, 0.6) is 0 Å². The first-order valence-electron chi connectivity index (χ1n) is 7.94. The summed E-state index contributed by atoms with van der Waals surface area (Å²) in [5.74, 6) is -0.272. The van der Waals surface area contributed by atoms with Gasteiger partial charge >= 0.3 is 5.69 Å². The van der Waals surface area contributed by atoms with Gasteiger partial charge in [0, 0.05) is 18.8 Å². The molecular formula is C16H18N6O2. The van der Waals surface area contributed by atoms with Gasteiger partial charge in [-0.2, -0.15) is 0 Å². The molecule has 0 aliphatic carbocycles. The Morgan fingerprint density at radius 3 is 2.58 bits per heavy atom. The molecule has 1 aliphatic rings. The quantitative estimate of drug-likeness (QED) is 0.587. The van der Waals surface area contributed by atoms with E-state index in [4.69, 9.17) is 0 Å². The third-order valence-corrected chi connectivity index (χ3v) is 4.37. The third kappa shape index (κ3) is 2.45. The molecule has 0 unspecified atom stereocenters. The lowest BCUT2D eigenvalue weighted by atomic mass is 10.2. The van der Waals surface area contributed by atoms with Gasteiger partial charge in [0.25, 0.3) is 5.91 Å². The Bertz CT molecular complexity index is 961. The van der Waals surface area contributed by atoms with Crippen molar-refractivity contribution in [3.05, 3.63) is 40.3 Å². The molecule has 124 valence electrons. The summed E-state index contributed by atoms with van der Waals surface area (Å²) in [4.78, 5) is 38.8. The van der Waals surface area contributed by atoms with Crippen molar-refractivity contribution in [2.45, 2.75) is 19.8 Å². The molecule has 2 aromatic heterocycles. The predicted molar refractivity (Wildman–Crippen MR) is 91.6 cm³/mol. The highest BCUT2D eigenvalue weighted by Crippen LogP contribution is 2.32. The summed E-state index contributed by atoms with van der Waals surface area (Å²) in [5.41, 5.74) is 3.80. The van der Waals surface area contributed by atoms with Gasteiger partial charge in [-0.15, -0.1) is 0 Å². The summed E-state index contributed by atoms with van der Waals surface area (Å²) in [6.07, 6.45) is 3.74. The van der Waals surface area contributed by atoms with Gasteiger partial charge in [-0.1, -0.05) is 0 Å². The second kappa shape index (κ2) is 5.55. The molecule has 1 amide bonds.